The summed E-state index contributed by atoms with van der Waals surface area (Å²) >= 11 is 3.31. The molecular formula is C44H59BrN4O10. The van der Waals surface area contributed by atoms with Crippen molar-refractivity contribution in [3.8, 4) is 11.4 Å². The van der Waals surface area contributed by atoms with E-state index in [4.69, 9.17) is 19.2 Å². The van der Waals surface area contributed by atoms with Crippen LogP contribution in [0.25, 0.3) is 11.4 Å². The Kier molecular flexibility index (Phi) is 17.0. The molecule has 1 atom stereocenters. The van der Waals surface area contributed by atoms with Gasteiger partial charge in [-0.15, -0.1) is 0 Å². The van der Waals surface area contributed by atoms with Gasteiger partial charge in [-0.3, -0.25) is 9.59 Å². The van der Waals surface area contributed by atoms with Crippen molar-refractivity contribution >= 4 is 52.1 Å². The number of alkyl halides is 1. The maximum absolute atomic E-state index is 12.4. The van der Waals surface area contributed by atoms with Crippen LogP contribution in [0.4, 0.5) is 9.59 Å². The number of esters is 2. The summed E-state index contributed by atoms with van der Waals surface area (Å²) in [6, 6.07) is 7.17. The molecule has 2 amide bonds. The summed E-state index contributed by atoms with van der Waals surface area (Å²) in [6.07, 6.45) is 2.49. The summed E-state index contributed by atoms with van der Waals surface area (Å²) in [5, 5.41) is 0. The lowest BCUT2D eigenvalue weighted by atomic mass is 9.99. The number of nitrogens with zero attached hydrogens (tertiary/aromatic N) is 3. The molecule has 2 aliphatic rings. The molecule has 2 aliphatic heterocycles. The number of benzene rings is 2. The molecule has 0 aliphatic carbocycles. The molecule has 1 N–H and O–H groups in total. The molecule has 59 heavy (non-hydrogen) atoms. The summed E-state index contributed by atoms with van der Waals surface area (Å²) in [6.45, 7) is 20.8. The lowest BCUT2D eigenvalue weighted by Gasteiger charge is -2.26. The van der Waals surface area contributed by atoms with Gasteiger partial charge in [0.15, 0.2) is 0 Å². The largest absolute Gasteiger partial charge is 0.465 e. The van der Waals surface area contributed by atoms with Gasteiger partial charge in [-0.2, -0.15) is 0 Å². The first-order valence-corrected chi connectivity index (χ1v) is 20.4. The molecule has 14 nitrogen and oxygen atoms in total. The fourth-order valence-corrected chi connectivity index (χ4v) is 6.74. The third-order valence-electron chi connectivity index (χ3n) is 9.43. The molecule has 5 rings (SSSR count). The van der Waals surface area contributed by atoms with Gasteiger partial charge in [-0.1, -0.05) is 28.1 Å². The lowest BCUT2D eigenvalue weighted by Crippen LogP contribution is -2.38. The van der Waals surface area contributed by atoms with Crippen molar-refractivity contribution in [1.29, 1.82) is 0 Å². The normalized spacial score (nSPS) is 15.5. The zero-order valence-corrected chi connectivity index (χ0v) is 38.0. The quantitative estimate of drug-likeness (QED) is 0.116. The summed E-state index contributed by atoms with van der Waals surface area (Å²) in [7, 11) is 2.70. The number of H-pyrrole nitrogens is 1. The minimum absolute atomic E-state index is 0.125. The Hall–Kier alpha value is -5.05. The zero-order chi connectivity index (χ0) is 44.4. The van der Waals surface area contributed by atoms with E-state index in [9.17, 15) is 28.8 Å². The number of amides is 2. The third kappa shape index (κ3) is 14.0. The van der Waals surface area contributed by atoms with E-state index >= 15 is 0 Å². The Morgan fingerprint density at radius 2 is 1.22 bits per heavy atom. The Balaban J connectivity index is 0.000000262. The van der Waals surface area contributed by atoms with Crippen molar-refractivity contribution in [2.75, 3.05) is 40.4 Å². The number of imidazole rings is 1. The monoisotopic (exact) mass is 882 g/mol. The Bertz CT molecular complexity index is 2000. The van der Waals surface area contributed by atoms with Gasteiger partial charge in [-0.25, -0.2) is 24.2 Å². The highest BCUT2D eigenvalue weighted by atomic mass is 79.9. The van der Waals surface area contributed by atoms with Gasteiger partial charge in [0.05, 0.1) is 35.9 Å². The van der Waals surface area contributed by atoms with Crippen LogP contribution in [0.5, 0.6) is 0 Å². The fraction of sp³-hybridized carbons (Fsp3) is 0.523. The highest BCUT2D eigenvalue weighted by molar-refractivity contribution is 9.10. The second kappa shape index (κ2) is 20.8. The van der Waals surface area contributed by atoms with Gasteiger partial charge >= 0.3 is 24.1 Å². The first-order chi connectivity index (χ1) is 27.5. The van der Waals surface area contributed by atoms with E-state index in [2.05, 4.69) is 25.7 Å². The number of carbonyl (C=O) groups is 6. The maximum Gasteiger partial charge on any atom is 0.410 e. The average molecular weight is 884 g/mol. The van der Waals surface area contributed by atoms with Crippen molar-refractivity contribution < 1.29 is 47.7 Å². The lowest BCUT2D eigenvalue weighted by molar-refractivity contribution is -0.118. The number of Topliss-reactive ketones (excluding diaryl/α,β-unsaturated/α-hetero) is 1. The minimum atomic E-state index is -0.510. The number of aryl methyl sites for hydroxylation is 4. The first kappa shape index (κ1) is 48.3. The third-order valence-corrected chi connectivity index (χ3v) is 10.4. The van der Waals surface area contributed by atoms with E-state index in [1.807, 2.05) is 81.4 Å². The maximum atomic E-state index is 12.4. The number of ether oxygens (including phenoxy) is 4. The van der Waals surface area contributed by atoms with E-state index in [1.165, 1.54) is 14.2 Å². The molecule has 3 aromatic rings. The van der Waals surface area contributed by atoms with E-state index in [1.54, 1.807) is 21.9 Å². The van der Waals surface area contributed by atoms with Crippen LogP contribution in [-0.2, 0) is 36.6 Å². The van der Waals surface area contributed by atoms with Crippen LogP contribution in [-0.4, -0.2) is 112 Å². The predicted molar refractivity (Wildman–Crippen MR) is 227 cm³/mol. The fourth-order valence-electron chi connectivity index (χ4n) is 6.31. The molecule has 1 saturated heterocycles. The van der Waals surface area contributed by atoms with Crippen LogP contribution >= 0.6 is 15.9 Å². The minimum Gasteiger partial charge on any atom is -0.465 e. The van der Waals surface area contributed by atoms with Crippen LogP contribution in [0.1, 0.15) is 119 Å². The summed E-state index contributed by atoms with van der Waals surface area (Å²) in [4.78, 5) is 80.9. The number of hydrogen-bond acceptors (Lipinski definition) is 11. The van der Waals surface area contributed by atoms with Gasteiger partial charge in [0.2, 0.25) is 0 Å². The first-order valence-electron chi connectivity index (χ1n) is 19.5. The second-order valence-electron chi connectivity index (χ2n) is 16.5. The SMILES string of the molecule is CC(C)(C)OC(=O)N1CCC(=O)C(Br)CC1.COC(=O)c1cc(-c2nc3c([nH]2)CCN(C(=O)OC(C)(C)C)CC3)c(C)cc1C.COC(=O)c1cc(C=O)c(C)cc1C. The molecule has 0 spiro atoms. The number of halogens is 1. The van der Waals surface area contributed by atoms with Gasteiger partial charge in [-0.05, 0) is 110 Å². The molecule has 3 heterocycles. The van der Waals surface area contributed by atoms with Crippen molar-refractivity contribution in [3.05, 3.63) is 74.6 Å². The zero-order valence-electron chi connectivity index (χ0n) is 36.4. The average Bonchev–Trinajstić information content (AvgIpc) is 3.33. The van der Waals surface area contributed by atoms with Gasteiger partial charge < -0.3 is 33.7 Å². The molecule has 1 aromatic heterocycles. The highest BCUT2D eigenvalue weighted by Gasteiger charge is 2.28. The van der Waals surface area contributed by atoms with E-state index < -0.39 is 17.2 Å². The topological polar surface area (TPSA) is 174 Å². The molecule has 322 valence electrons. The Morgan fingerprint density at radius 3 is 1.75 bits per heavy atom. The molecule has 1 fully saturated rings. The number of methoxy groups -OCH3 is 2. The number of carbonyl (C=O) groups excluding carboxylic acids is 6. The van der Waals surface area contributed by atoms with Crippen LogP contribution in [0.2, 0.25) is 0 Å². The summed E-state index contributed by atoms with van der Waals surface area (Å²) in [5.41, 5.74) is 6.96. The summed E-state index contributed by atoms with van der Waals surface area (Å²) < 4.78 is 20.2. The number of fused-ring (bicyclic) bond motifs is 1. The number of nitrogens with one attached hydrogen (secondary N) is 1. The van der Waals surface area contributed by atoms with Gasteiger partial charge in [0.25, 0.3) is 0 Å². The van der Waals surface area contributed by atoms with E-state index in [0.29, 0.717) is 68.6 Å². The smallest absolute Gasteiger partial charge is 0.410 e. The van der Waals surface area contributed by atoms with Crippen molar-refractivity contribution in [1.82, 2.24) is 19.8 Å². The number of aldehydes is 1. The number of ketones is 1. The standard InChI is InChI=1S/C22H29N3O4.C11H18BrNO3.C11H12O3/c1-13-11-14(2)16(20(26)28-6)12-15(13)19-23-17-7-9-25(10-8-18(17)24-19)21(27)29-22(3,4)5;1-11(2,3)16-10(15)13-6-4-8(12)9(14)5-7-13;1-7-4-8(2)10(11(13)14-3)5-9(7)6-12/h11-12H,7-10H2,1-6H3,(H,23,24);8H,4-7H2,1-3H3;4-6H,1-3H3. The number of rotatable bonds is 4. The van der Waals surface area contributed by atoms with Crippen LogP contribution < -0.4 is 0 Å². The van der Waals surface area contributed by atoms with Crippen LogP contribution in [0.15, 0.2) is 24.3 Å². The van der Waals surface area contributed by atoms with Crippen molar-refractivity contribution in [2.24, 2.45) is 0 Å². The number of aromatic nitrogens is 2. The van der Waals surface area contributed by atoms with E-state index in [0.717, 1.165) is 51.3 Å². The molecule has 1 unspecified atom stereocenters. The Labute approximate surface area is 355 Å². The molecule has 2 aromatic carbocycles. The summed E-state index contributed by atoms with van der Waals surface area (Å²) in [5.74, 6) is 0.130. The van der Waals surface area contributed by atoms with Crippen molar-refractivity contribution in [3.63, 3.8) is 0 Å². The molecular weight excluding hydrogens is 824 g/mol. The predicted octanol–water partition coefficient (Wildman–Crippen LogP) is 8.07. The Morgan fingerprint density at radius 1 is 0.729 bits per heavy atom. The number of aromatic amines is 1. The second-order valence-corrected chi connectivity index (χ2v) is 17.6. The molecule has 0 radical (unpaired) electrons. The molecule has 15 heteroatoms. The molecule has 0 bridgehead atoms. The van der Waals surface area contributed by atoms with Crippen LogP contribution in [0.3, 0.4) is 0 Å². The van der Waals surface area contributed by atoms with Gasteiger partial charge in [0, 0.05) is 62.3 Å². The highest BCUT2D eigenvalue weighted by Crippen LogP contribution is 2.28. The van der Waals surface area contributed by atoms with Crippen LogP contribution in [0, 0.1) is 27.7 Å². The number of hydrogen-bond donors (Lipinski definition) is 1. The van der Waals surface area contributed by atoms with Gasteiger partial charge in [0.1, 0.15) is 29.1 Å². The molecule has 0 saturated carbocycles. The number of likely N-dealkylation sites (tertiary alicyclic amines) is 1. The van der Waals surface area contributed by atoms with E-state index in [-0.39, 0.29) is 28.8 Å². The van der Waals surface area contributed by atoms with Crippen molar-refractivity contribution in [2.45, 2.75) is 111 Å².